The average molecular weight is 235 g/mol. The lowest BCUT2D eigenvalue weighted by Crippen LogP contribution is -2.37. The van der Waals surface area contributed by atoms with Crippen LogP contribution in [0.15, 0.2) is 18.3 Å². The third-order valence-electron chi connectivity index (χ3n) is 3.43. The molecule has 1 saturated carbocycles. The number of hydrogen-bond donors (Lipinski definition) is 2. The zero-order chi connectivity index (χ0) is 12.4. The Balaban J connectivity index is 1.92. The number of rotatable bonds is 4. The molecule has 0 radical (unpaired) electrons. The highest BCUT2D eigenvalue weighted by Crippen LogP contribution is 2.28. The summed E-state index contributed by atoms with van der Waals surface area (Å²) < 4.78 is 0. The summed E-state index contributed by atoms with van der Waals surface area (Å²) in [5, 5.41) is 9.25. The van der Waals surface area contributed by atoms with Crippen molar-refractivity contribution in [3.8, 4) is 0 Å². The van der Waals surface area contributed by atoms with E-state index in [1.54, 1.807) is 0 Å². The first-order valence-corrected chi connectivity index (χ1v) is 6.17. The number of pyridine rings is 1. The van der Waals surface area contributed by atoms with Gasteiger partial charge in [0.15, 0.2) is 0 Å². The molecule has 1 fully saturated rings. The maximum Gasteiger partial charge on any atom is 0.128 e. The van der Waals surface area contributed by atoms with Crippen LogP contribution in [0, 0.1) is 5.92 Å². The van der Waals surface area contributed by atoms with Gasteiger partial charge in [-0.05, 0) is 37.3 Å². The monoisotopic (exact) mass is 235 g/mol. The van der Waals surface area contributed by atoms with E-state index in [0.29, 0.717) is 5.92 Å². The maximum atomic E-state index is 9.25. The average Bonchev–Trinajstić information content (AvgIpc) is 2.27. The molecule has 0 unspecified atom stereocenters. The van der Waals surface area contributed by atoms with Crippen LogP contribution < -0.4 is 10.6 Å². The summed E-state index contributed by atoms with van der Waals surface area (Å²) in [5.74, 6) is 1.57. The second-order valence-corrected chi connectivity index (χ2v) is 5.11. The number of aliphatic hydroxyl groups excluding tert-OH is 1. The number of nitrogens with zero attached hydrogens (tertiary/aromatic N) is 2. The first-order valence-electron chi connectivity index (χ1n) is 6.17. The van der Waals surface area contributed by atoms with Gasteiger partial charge in [0.2, 0.25) is 0 Å². The van der Waals surface area contributed by atoms with E-state index >= 15 is 0 Å². The Bertz CT molecular complexity index is 357. The quantitative estimate of drug-likeness (QED) is 0.826. The zero-order valence-electron chi connectivity index (χ0n) is 10.5. The fourth-order valence-electron chi connectivity index (χ4n) is 2.22. The first-order chi connectivity index (χ1) is 8.06. The van der Waals surface area contributed by atoms with E-state index in [2.05, 4.69) is 9.88 Å². The van der Waals surface area contributed by atoms with E-state index in [-0.39, 0.29) is 12.1 Å². The third kappa shape index (κ3) is 2.96. The predicted molar refractivity (Wildman–Crippen MR) is 68.8 cm³/mol. The molecule has 17 heavy (non-hydrogen) atoms. The van der Waals surface area contributed by atoms with Crippen molar-refractivity contribution in [3.63, 3.8) is 0 Å². The lowest BCUT2D eigenvalue weighted by Gasteiger charge is -2.34. The molecule has 1 heterocycles. The van der Waals surface area contributed by atoms with Crippen molar-refractivity contribution in [2.45, 2.75) is 31.9 Å². The van der Waals surface area contributed by atoms with Crippen molar-refractivity contribution in [3.05, 3.63) is 23.9 Å². The minimum atomic E-state index is -0.0816. The van der Waals surface area contributed by atoms with Crippen LogP contribution in [0.3, 0.4) is 0 Å². The Kier molecular flexibility index (Phi) is 3.64. The van der Waals surface area contributed by atoms with Crippen LogP contribution in [0.4, 0.5) is 5.82 Å². The molecule has 1 atom stereocenters. The van der Waals surface area contributed by atoms with Crippen molar-refractivity contribution >= 4 is 5.82 Å². The summed E-state index contributed by atoms with van der Waals surface area (Å²) in [7, 11) is 2.04. The van der Waals surface area contributed by atoms with Crippen LogP contribution in [0.2, 0.25) is 0 Å². The van der Waals surface area contributed by atoms with Gasteiger partial charge >= 0.3 is 0 Å². The molecule has 0 aromatic carbocycles. The molecule has 1 aromatic heterocycles. The van der Waals surface area contributed by atoms with Gasteiger partial charge in [-0.2, -0.15) is 0 Å². The topological polar surface area (TPSA) is 62.4 Å². The molecule has 1 aromatic rings. The number of aliphatic hydroxyl groups is 1. The lowest BCUT2D eigenvalue weighted by atomic mass is 9.82. The zero-order valence-corrected chi connectivity index (χ0v) is 10.5. The molecular weight excluding hydrogens is 214 g/mol. The van der Waals surface area contributed by atoms with E-state index in [0.717, 1.165) is 30.8 Å². The second-order valence-electron chi connectivity index (χ2n) is 5.11. The molecule has 0 spiro atoms. The molecule has 4 heteroatoms. The van der Waals surface area contributed by atoms with Gasteiger partial charge in [-0.25, -0.2) is 4.98 Å². The molecule has 4 nitrogen and oxygen atoms in total. The van der Waals surface area contributed by atoms with Gasteiger partial charge in [-0.1, -0.05) is 6.07 Å². The standard InChI is InChI=1S/C13H21N3O/c1-9(14)11-3-4-13(15-7-11)16(2)8-10-5-12(17)6-10/h3-4,7,9-10,12,17H,5-6,8,14H2,1-2H3/t9-,10?,12?/m0/s1. The highest BCUT2D eigenvalue weighted by Gasteiger charge is 2.28. The lowest BCUT2D eigenvalue weighted by molar-refractivity contribution is 0.0464. The summed E-state index contributed by atoms with van der Waals surface area (Å²) in [6.45, 7) is 2.91. The van der Waals surface area contributed by atoms with Crippen LogP contribution in [0.1, 0.15) is 31.4 Å². The number of hydrogen-bond acceptors (Lipinski definition) is 4. The summed E-state index contributed by atoms with van der Waals surface area (Å²) in [6.07, 6.45) is 3.60. The highest BCUT2D eigenvalue weighted by atomic mass is 16.3. The SMILES string of the molecule is C[C@H](N)c1ccc(N(C)CC2CC(O)C2)nc1. The molecule has 94 valence electrons. The summed E-state index contributed by atoms with van der Waals surface area (Å²) in [5.41, 5.74) is 6.84. The van der Waals surface area contributed by atoms with E-state index in [1.165, 1.54) is 0 Å². The third-order valence-corrected chi connectivity index (χ3v) is 3.43. The van der Waals surface area contributed by atoms with Crippen LogP contribution >= 0.6 is 0 Å². The largest absolute Gasteiger partial charge is 0.393 e. The number of nitrogens with two attached hydrogens (primary N) is 1. The van der Waals surface area contributed by atoms with Crippen LogP contribution in [-0.2, 0) is 0 Å². The van der Waals surface area contributed by atoms with Crippen molar-refractivity contribution in [2.75, 3.05) is 18.5 Å². The molecule has 1 aliphatic carbocycles. The summed E-state index contributed by atoms with van der Waals surface area (Å²) in [6, 6.07) is 4.07. The number of aromatic nitrogens is 1. The summed E-state index contributed by atoms with van der Waals surface area (Å²) in [4.78, 5) is 6.55. The summed E-state index contributed by atoms with van der Waals surface area (Å²) >= 11 is 0. The molecule has 0 amide bonds. The normalized spacial score (nSPS) is 25.2. The maximum absolute atomic E-state index is 9.25. The minimum Gasteiger partial charge on any atom is -0.393 e. The van der Waals surface area contributed by atoms with E-state index in [1.807, 2.05) is 32.3 Å². The van der Waals surface area contributed by atoms with Crippen molar-refractivity contribution < 1.29 is 5.11 Å². The van der Waals surface area contributed by atoms with Gasteiger partial charge < -0.3 is 15.7 Å². The Morgan fingerprint density at radius 2 is 2.24 bits per heavy atom. The molecule has 2 rings (SSSR count). The fourth-order valence-corrected chi connectivity index (χ4v) is 2.22. The van der Waals surface area contributed by atoms with Crippen LogP contribution in [0.25, 0.3) is 0 Å². The van der Waals surface area contributed by atoms with E-state index < -0.39 is 0 Å². The Hall–Kier alpha value is -1.13. The Labute approximate surface area is 102 Å². The Morgan fingerprint density at radius 1 is 1.53 bits per heavy atom. The second kappa shape index (κ2) is 5.02. The molecule has 0 saturated heterocycles. The van der Waals surface area contributed by atoms with Crippen molar-refractivity contribution in [2.24, 2.45) is 11.7 Å². The smallest absolute Gasteiger partial charge is 0.128 e. The van der Waals surface area contributed by atoms with E-state index in [9.17, 15) is 5.11 Å². The Morgan fingerprint density at radius 3 is 2.71 bits per heavy atom. The van der Waals surface area contributed by atoms with Crippen molar-refractivity contribution in [1.82, 2.24) is 4.98 Å². The molecule has 0 bridgehead atoms. The van der Waals surface area contributed by atoms with Gasteiger partial charge in [0.1, 0.15) is 5.82 Å². The predicted octanol–water partition coefficient (Wildman–Crippen LogP) is 1.31. The van der Waals surface area contributed by atoms with Crippen LogP contribution in [0.5, 0.6) is 0 Å². The number of anilines is 1. The van der Waals surface area contributed by atoms with Gasteiger partial charge in [-0.15, -0.1) is 0 Å². The highest BCUT2D eigenvalue weighted by molar-refractivity contribution is 5.38. The molecular formula is C13H21N3O. The van der Waals surface area contributed by atoms with Crippen LogP contribution in [-0.4, -0.2) is 29.8 Å². The molecule has 1 aliphatic rings. The van der Waals surface area contributed by atoms with E-state index in [4.69, 9.17) is 5.73 Å². The minimum absolute atomic E-state index is 0.0311. The van der Waals surface area contributed by atoms with Gasteiger partial charge in [0.05, 0.1) is 6.10 Å². The molecule has 3 N–H and O–H groups in total. The van der Waals surface area contributed by atoms with Gasteiger partial charge in [-0.3, -0.25) is 0 Å². The van der Waals surface area contributed by atoms with Crippen molar-refractivity contribution in [1.29, 1.82) is 0 Å². The molecule has 0 aliphatic heterocycles. The fraction of sp³-hybridized carbons (Fsp3) is 0.615. The first kappa shape index (κ1) is 12.3. The van der Waals surface area contributed by atoms with Gasteiger partial charge in [0, 0.05) is 25.8 Å². The van der Waals surface area contributed by atoms with Gasteiger partial charge in [0.25, 0.3) is 0 Å².